The number of ether oxygens (including phenoxy) is 1. The lowest BCUT2D eigenvalue weighted by molar-refractivity contribution is 0.320. The Hall–Kier alpha value is -2.21. The van der Waals surface area contributed by atoms with E-state index in [0.29, 0.717) is 5.92 Å². The van der Waals surface area contributed by atoms with Crippen molar-refractivity contribution in [1.82, 2.24) is 9.88 Å². The number of benzene rings is 2. The molecule has 1 aromatic heterocycles. The van der Waals surface area contributed by atoms with Crippen molar-refractivity contribution in [2.24, 2.45) is 5.73 Å². The lowest BCUT2D eigenvalue weighted by Crippen LogP contribution is -2.28. The van der Waals surface area contributed by atoms with Crippen LogP contribution in [-0.2, 0) is 6.54 Å². The Balaban J connectivity index is 1.47. The molecule has 0 saturated carbocycles. The summed E-state index contributed by atoms with van der Waals surface area (Å²) in [4.78, 5) is 7.24. The fraction of sp³-hybridized carbons (Fsp3) is 0.286. The lowest BCUT2D eigenvalue weighted by atomic mass is 9.95. The van der Waals surface area contributed by atoms with Crippen LogP contribution in [0.5, 0.6) is 5.75 Å². The van der Waals surface area contributed by atoms with E-state index in [-0.39, 0.29) is 6.04 Å². The Morgan fingerprint density at radius 1 is 1.12 bits per heavy atom. The highest BCUT2D eigenvalue weighted by molar-refractivity contribution is 7.13. The zero-order valence-electron chi connectivity index (χ0n) is 14.8. The molecule has 0 spiro atoms. The van der Waals surface area contributed by atoms with Gasteiger partial charge in [0.05, 0.1) is 18.4 Å². The summed E-state index contributed by atoms with van der Waals surface area (Å²) >= 11 is 1.66. The summed E-state index contributed by atoms with van der Waals surface area (Å²) in [6.07, 6.45) is 0. The molecule has 0 bridgehead atoms. The van der Waals surface area contributed by atoms with Gasteiger partial charge in [-0.3, -0.25) is 4.90 Å². The number of hydrogen-bond acceptors (Lipinski definition) is 5. The number of nitrogens with two attached hydrogens (primary N) is 1. The first-order valence-electron chi connectivity index (χ1n) is 8.85. The summed E-state index contributed by atoms with van der Waals surface area (Å²) in [5, 5.41) is 3.14. The van der Waals surface area contributed by atoms with Crippen LogP contribution in [0.1, 0.15) is 17.2 Å². The van der Waals surface area contributed by atoms with Crippen LogP contribution in [0.15, 0.2) is 60.0 Å². The summed E-state index contributed by atoms with van der Waals surface area (Å²) in [5.41, 5.74) is 9.88. The molecule has 0 radical (unpaired) electrons. The third-order valence-corrected chi connectivity index (χ3v) is 5.87. The van der Waals surface area contributed by atoms with Crippen LogP contribution < -0.4 is 10.5 Å². The second kappa shape index (κ2) is 7.58. The molecular formula is C21H23N3OS. The van der Waals surface area contributed by atoms with Crippen molar-refractivity contribution in [3.05, 3.63) is 71.2 Å². The zero-order valence-corrected chi connectivity index (χ0v) is 15.7. The molecule has 1 fully saturated rings. The van der Waals surface area contributed by atoms with Crippen molar-refractivity contribution in [2.75, 3.05) is 20.2 Å². The smallest absolute Gasteiger partial charge is 0.129 e. The van der Waals surface area contributed by atoms with Gasteiger partial charge in [0.15, 0.2) is 0 Å². The number of thiazole rings is 1. The number of rotatable bonds is 5. The Kier molecular flexibility index (Phi) is 5.02. The highest BCUT2D eigenvalue weighted by atomic mass is 32.1. The minimum absolute atomic E-state index is 0.171. The highest BCUT2D eigenvalue weighted by Crippen LogP contribution is 2.33. The quantitative estimate of drug-likeness (QED) is 0.748. The van der Waals surface area contributed by atoms with Gasteiger partial charge in [-0.1, -0.05) is 42.5 Å². The van der Waals surface area contributed by atoms with E-state index >= 15 is 0 Å². The Labute approximate surface area is 158 Å². The largest absolute Gasteiger partial charge is 0.496 e. The third kappa shape index (κ3) is 3.51. The first kappa shape index (κ1) is 17.2. The van der Waals surface area contributed by atoms with E-state index in [1.165, 1.54) is 5.56 Å². The Morgan fingerprint density at radius 2 is 1.88 bits per heavy atom. The molecule has 3 aromatic rings. The fourth-order valence-electron chi connectivity index (χ4n) is 3.65. The molecule has 2 N–H and O–H groups in total. The summed E-state index contributed by atoms with van der Waals surface area (Å²) in [7, 11) is 1.70. The average molecular weight is 366 g/mol. The molecule has 0 amide bonds. The standard InChI is InChI=1S/C21H23N3OS/c1-25-20-10-6-5-9-17(20)21-23-16(14-26-21)11-24-12-18(19(22)13-24)15-7-3-2-4-8-15/h2-10,14,18-19H,11-13,22H2,1H3/t18-,19+/m0/s1. The van der Waals surface area contributed by atoms with Crippen LogP contribution in [0.3, 0.4) is 0 Å². The summed E-state index contributed by atoms with van der Waals surface area (Å²) in [6, 6.07) is 18.8. The maximum Gasteiger partial charge on any atom is 0.129 e. The minimum Gasteiger partial charge on any atom is -0.496 e. The SMILES string of the molecule is COc1ccccc1-c1nc(CN2C[C@@H](N)[C@H](c3ccccc3)C2)cs1. The Morgan fingerprint density at radius 3 is 2.69 bits per heavy atom. The van der Waals surface area contributed by atoms with Crippen molar-refractivity contribution in [3.63, 3.8) is 0 Å². The average Bonchev–Trinajstić information content (AvgIpc) is 3.29. The number of nitrogens with zero attached hydrogens (tertiary/aromatic N) is 2. The Bertz CT molecular complexity index is 864. The first-order valence-corrected chi connectivity index (χ1v) is 9.73. The van der Waals surface area contributed by atoms with Crippen molar-refractivity contribution >= 4 is 11.3 Å². The van der Waals surface area contributed by atoms with E-state index in [9.17, 15) is 0 Å². The highest BCUT2D eigenvalue weighted by Gasteiger charge is 2.31. The molecule has 2 heterocycles. The number of para-hydroxylation sites is 1. The predicted octanol–water partition coefficient (Wildman–Crippen LogP) is 3.75. The molecule has 1 saturated heterocycles. The van der Waals surface area contributed by atoms with Gasteiger partial charge < -0.3 is 10.5 Å². The van der Waals surface area contributed by atoms with Gasteiger partial charge in [0.25, 0.3) is 0 Å². The molecule has 2 aromatic carbocycles. The van der Waals surface area contributed by atoms with Gasteiger partial charge in [-0.15, -0.1) is 11.3 Å². The predicted molar refractivity (Wildman–Crippen MR) is 107 cm³/mol. The van der Waals surface area contributed by atoms with Gasteiger partial charge >= 0.3 is 0 Å². The van der Waals surface area contributed by atoms with Crippen molar-refractivity contribution in [3.8, 4) is 16.3 Å². The van der Waals surface area contributed by atoms with Crippen LogP contribution in [0.2, 0.25) is 0 Å². The maximum absolute atomic E-state index is 6.41. The number of hydrogen-bond donors (Lipinski definition) is 1. The van der Waals surface area contributed by atoms with Crippen molar-refractivity contribution in [2.45, 2.75) is 18.5 Å². The van der Waals surface area contributed by atoms with Gasteiger partial charge in [-0.25, -0.2) is 4.98 Å². The molecule has 2 atom stereocenters. The number of aromatic nitrogens is 1. The molecule has 134 valence electrons. The monoisotopic (exact) mass is 365 g/mol. The molecule has 1 aliphatic rings. The van der Waals surface area contributed by atoms with E-state index < -0.39 is 0 Å². The third-order valence-electron chi connectivity index (χ3n) is 4.94. The molecule has 4 rings (SSSR count). The second-order valence-electron chi connectivity index (χ2n) is 6.72. The summed E-state index contributed by atoms with van der Waals surface area (Å²) in [5.74, 6) is 1.25. The van der Waals surface area contributed by atoms with Crippen molar-refractivity contribution in [1.29, 1.82) is 0 Å². The zero-order chi connectivity index (χ0) is 17.9. The second-order valence-corrected chi connectivity index (χ2v) is 7.58. The minimum atomic E-state index is 0.171. The van der Waals surface area contributed by atoms with Gasteiger partial charge in [0.1, 0.15) is 10.8 Å². The molecule has 1 aliphatic heterocycles. The van der Waals surface area contributed by atoms with E-state index in [2.05, 4.69) is 46.7 Å². The number of likely N-dealkylation sites (tertiary alicyclic amines) is 1. The molecule has 5 heteroatoms. The molecule has 26 heavy (non-hydrogen) atoms. The van der Waals surface area contributed by atoms with Crippen LogP contribution in [0, 0.1) is 0 Å². The van der Waals surface area contributed by atoms with Crippen LogP contribution in [-0.4, -0.2) is 36.1 Å². The molecule has 0 aliphatic carbocycles. The van der Waals surface area contributed by atoms with Crippen molar-refractivity contribution < 1.29 is 4.74 Å². The number of methoxy groups -OCH3 is 1. The molecule has 0 unspecified atom stereocenters. The fourth-order valence-corrected chi connectivity index (χ4v) is 4.49. The normalized spacial score (nSPS) is 20.4. The van der Waals surface area contributed by atoms with Gasteiger partial charge in [0, 0.05) is 37.0 Å². The maximum atomic E-state index is 6.41. The van der Waals surface area contributed by atoms with E-state index in [1.54, 1.807) is 18.4 Å². The molecular weight excluding hydrogens is 342 g/mol. The van der Waals surface area contributed by atoms with Gasteiger partial charge in [-0.2, -0.15) is 0 Å². The van der Waals surface area contributed by atoms with Gasteiger partial charge in [-0.05, 0) is 17.7 Å². The lowest BCUT2D eigenvalue weighted by Gasteiger charge is -2.15. The van der Waals surface area contributed by atoms with E-state index in [4.69, 9.17) is 15.5 Å². The summed E-state index contributed by atoms with van der Waals surface area (Å²) in [6.45, 7) is 2.72. The van der Waals surface area contributed by atoms with E-state index in [0.717, 1.165) is 41.6 Å². The van der Waals surface area contributed by atoms with Crippen LogP contribution in [0.25, 0.3) is 10.6 Å². The van der Waals surface area contributed by atoms with Crippen LogP contribution >= 0.6 is 11.3 Å². The molecule has 4 nitrogen and oxygen atoms in total. The topological polar surface area (TPSA) is 51.4 Å². The van der Waals surface area contributed by atoms with Crippen LogP contribution in [0.4, 0.5) is 0 Å². The van der Waals surface area contributed by atoms with E-state index in [1.807, 2.05) is 18.2 Å². The van der Waals surface area contributed by atoms with Gasteiger partial charge in [0.2, 0.25) is 0 Å². The first-order chi connectivity index (χ1) is 12.7. The summed E-state index contributed by atoms with van der Waals surface area (Å²) < 4.78 is 5.46.